The van der Waals surface area contributed by atoms with Gasteiger partial charge in [-0.3, -0.25) is 4.98 Å². The van der Waals surface area contributed by atoms with Gasteiger partial charge >= 0.3 is 0 Å². The Morgan fingerprint density at radius 2 is 1.33 bits per heavy atom. The molecule has 0 aliphatic rings. The van der Waals surface area contributed by atoms with Gasteiger partial charge in [0, 0.05) is 37.5 Å². The van der Waals surface area contributed by atoms with Gasteiger partial charge in [-0.15, -0.1) is 11.3 Å². The number of nitrogens with zero attached hydrogens (tertiary/aromatic N) is 3. The zero-order chi connectivity index (χ0) is 32.1. The van der Waals surface area contributed by atoms with E-state index in [1.165, 1.54) is 26.2 Å². The minimum Gasteiger partial charge on any atom is -0.455 e. The van der Waals surface area contributed by atoms with E-state index in [1.54, 1.807) is 11.3 Å². The first-order valence-corrected chi connectivity index (χ1v) is 17.2. The highest BCUT2D eigenvalue weighted by Gasteiger charge is 2.19. The number of fused-ring (bicyclic) bond motifs is 12. The molecule has 0 unspecified atom stereocenters. The van der Waals surface area contributed by atoms with Crippen LogP contribution in [-0.4, -0.2) is 14.5 Å². The molecule has 4 heterocycles. The van der Waals surface area contributed by atoms with E-state index in [2.05, 4.69) is 138 Å². The molecule has 0 saturated heterocycles. The summed E-state index contributed by atoms with van der Waals surface area (Å²) in [5.41, 5.74) is 10.4. The molecule has 0 aliphatic carbocycles. The summed E-state index contributed by atoms with van der Waals surface area (Å²) < 4.78 is 10.1. The van der Waals surface area contributed by atoms with Crippen LogP contribution in [0.2, 0.25) is 0 Å². The fourth-order valence-corrected chi connectivity index (χ4v) is 8.68. The molecule has 4 aromatic heterocycles. The third-order valence-corrected chi connectivity index (χ3v) is 10.9. The summed E-state index contributed by atoms with van der Waals surface area (Å²) in [5, 5.41) is 8.23. The predicted molar refractivity (Wildman–Crippen MR) is 205 cm³/mol. The molecule has 11 rings (SSSR count). The topological polar surface area (TPSA) is 43.9 Å². The average Bonchev–Trinajstić information content (AvgIpc) is 3.84. The van der Waals surface area contributed by atoms with Crippen molar-refractivity contribution in [2.75, 3.05) is 0 Å². The monoisotopic (exact) mass is 643 g/mol. The van der Waals surface area contributed by atoms with Crippen LogP contribution in [0, 0.1) is 0 Å². The number of furan rings is 1. The summed E-state index contributed by atoms with van der Waals surface area (Å²) in [5.74, 6) is 0. The molecular formula is C44H25N3OS. The number of para-hydroxylation sites is 2. The quantitative estimate of drug-likeness (QED) is 0.192. The average molecular weight is 644 g/mol. The summed E-state index contributed by atoms with van der Waals surface area (Å²) in [7, 11) is 0. The van der Waals surface area contributed by atoms with E-state index in [0.717, 1.165) is 76.8 Å². The molecule has 11 aromatic rings. The van der Waals surface area contributed by atoms with Gasteiger partial charge in [0.1, 0.15) is 21.5 Å². The SMILES string of the molecule is c1cc(-c2cccc(-n3c4ccccc4c4c5oc6ccccc6c5ccc43)c2)cc(-c2cnc3c(n2)sc2ccc4ccccc4c23)c1. The van der Waals surface area contributed by atoms with Crippen LogP contribution in [0.25, 0.3) is 103 Å². The Balaban J connectivity index is 1.04. The lowest BCUT2D eigenvalue weighted by molar-refractivity contribution is 0.673. The summed E-state index contributed by atoms with van der Waals surface area (Å²) >= 11 is 1.71. The van der Waals surface area contributed by atoms with Crippen LogP contribution in [0.4, 0.5) is 0 Å². The van der Waals surface area contributed by atoms with Crippen molar-refractivity contribution in [3.63, 3.8) is 0 Å². The second-order valence-electron chi connectivity index (χ2n) is 12.6. The van der Waals surface area contributed by atoms with Gasteiger partial charge in [0.15, 0.2) is 0 Å². The van der Waals surface area contributed by atoms with Crippen molar-refractivity contribution in [3.05, 3.63) is 152 Å². The largest absolute Gasteiger partial charge is 0.455 e. The van der Waals surface area contributed by atoms with Crippen molar-refractivity contribution < 1.29 is 4.42 Å². The Labute approximate surface area is 284 Å². The van der Waals surface area contributed by atoms with Gasteiger partial charge in [-0.2, -0.15) is 0 Å². The van der Waals surface area contributed by atoms with Crippen LogP contribution in [-0.2, 0) is 0 Å². The molecule has 0 radical (unpaired) electrons. The molecule has 0 spiro atoms. The van der Waals surface area contributed by atoms with E-state index in [9.17, 15) is 0 Å². The van der Waals surface area contributed by atoms with Crippen LogP contribution in [0.3, 0.4) is 0 Å². The summed E-state index contributed by atoms with van der Waals surface area (Å²) in [6, 6.07) is 51.6. The van der Waals surface area contributed by atoms with Crippen molar-refractivity contribution >= 4 is 86.3 Å². The molecule has 0 saturated carbocycles. The Hall–Kier alpha value is -6.30. The smallest absolute Gasteiger partial charge is 0.145 e. The Kier molecular flexibility index (Phi) is 5.51. The van der Waals surface area contributed by atoms with Crippen molar-refractivity contribution in [2.45, 2.75) is 0 Å². The Morgan fingerprint density at radius 1 is 0.551 bits per heavy atom. The van der Waals surface area contributed by atoms with Crippen molar-refractivity contribution in [3.8, 4) is 28.1 Å². The van der Waals surface area contributed by atoms with E-state index in [-0.39, 0.29) is 0 Å². The van der Waals surface area contributed by atoms with Crippen molar-refractivity contribution in [1.29, 1.82) is 0 Å². The third-order valence-electron chi connectivity index (χ3n) is 9.85. The molecule has 49 heavy (non-hydrogen) atoms. The number of aromatic nitrogens is 3. The first-order chi connectivity index (χ1) is 24.3. The minimum absolute atomic E-state index is 0.874. The second kappa shape index (κ2) is 10.1. The van der Waals surface area contributed by atoms with E-state index in [1.807, 2.05) is 18.3 Å². The van der Waals surface area contributed by atoms with E-state index < -0.39 is 0 Å². The lowest BCUT2D eigenvalue weighted by Crippen LogP contribution is -1.94. The molecule has 0 N–H and O–H groups in total. The van der Waals surface area contributed by atoms with Gasteiger partial charge in [-0.05, 0) is 70.4 Å². The lowest BCUT2D eigenvalue weighted by atomic mass is 10.0. The fraction of sp³-hybridized carbons (Fsp3) is 0. The van der Waals surface area contributed by atoms with E-state index >= 15 is 0 Å². The number of hydrogen-bond acceptors (Lipinski definition) is 4. The standard InChI is InChI=1S/C44H25N3OS/c1-2-14-31-26(9-1)19-22-39-41(31)42-44(49-39)46-35(25-45-42)29-12-7-10-27(23-29)28-11-8-13-30(24-28)47-36-17-5-3-16-34(36)40-37(47)21-20-33-32-15-4-6-18-38(32)48-43(33)40/h1-25H. The van der Waals surface area contributed by atoms with Gasteiger partial charge in [0.25, 0.3) is 0 Å². The van der Waals surface area contributed by atoms with Crippen LogP contribution < -0.4 is 0 Å². The molecule has 0 atom stereocenters. The molecule has 228 valence electrons. The van der Waals surface area contributed by atoms with E-state index in [4.69, 9.17) is 14.4 Å². The molecular weight excluding hydrogens is 619 g/mol. The summed E-state index contributed by atoms with van der Waals surface area (Å²) in [6.07, 6.45) is 1.92. The van der Waals surface area contributed by atoms with Crippen molar-refractivity contribution in [1.82, 2.24) is 14.5 Å². The molecule has 5 heteroatoms. The van der Waals surface area contributed by atoms with Crippen LogP contribution in [0.1, 0.15) is 0 Å². The molecule has 0 aliphatic heterocycles. The maximum absolute atomic E-state index is 6.51. The fourth-order valence-electron chi connectivity index (χ4n) is 7.63. The zero-order valence-electron chi connectivity index (χ0n) is 26.1. The Bertz CT molecular complexity index is 3130. The predicted octanol–water partition coefficient (Wildman–Crippen LogP) is 12.3. The van der Waals surface area contributed by atoms with Gasteiger partial charge in [0.05, 0.1) is 28.3 Å². The molecule has 0 fully saturated rings. The molecule has 0 bridgehead atoms. The van der Waals surface area contributed by atoms with Gasteiger partial charge in [-0.1, -0.05) is 97.1 Å². The van der Waals surface area contributed by atoms with Crippen LogP contribution in [0.15, 0.2) is 156 Å². The highest BCUT2D eigenvalue weighted by molar-refractivity contribution is 7.25. The molecule has 7 aromatic carbocycles. The number of rotatable bonds is 3. The summed E-state index contributed by atoms with van der Waals surface area (Å²) in [4.78, 5) is 11.1. The molecule has 4 nitrogen and oxygen atoms in total. The number of thiophene rings is 1. The normalized spacial score (nSPS) is 12.1. The first kappa shape index (κ1) is 26.7. The molecule has 0 amide bonds. The third kappa shape index (κ3) is 3.91. The van der Waals surface area contributed by atoms with Crippen molar-refractivity contribution in [2.24, 2.45) is 0 Å². The number of benzene rings is 7. The number of hydrogen-bond donors (Lipinski definition) is 0. The van der Waals surface area contributed by atoms with Gasteiger partial charge in [-0.25, -0.2) is 4.98 Å². The maximum Gasteiger partial charge on any atom is 0.145 e. The highest BCUT2D eigenvalue weighted by Crippen LogP contribution is 2.41. The van der Waals surface area contributed by atoms with Crippen LogP contribution >= 0.6 is 11.3 Å². The second-order valence-corrected chi connectivity index (χ2v) is 13.6. The van der Waals surface area contributed by atoms with Crippen LogP contribution in [0.5, 0.6) is 0 Å². The van der Waals surface area contributed by atoms with Gasteiger partial charge < -0.3 is 8.98 Å². The van der Waals surface area contributed by atoms with E-state index in [0.29, 0.717) is 0 Å². The Morgan fingerprint density at radius 3 is 2.27 bits per heavy atom. The zero-order valence-corrected chi connectivity index (χ0v) is 26.9. The van der Waals surface area contributed by atoms with Gasteiger partial charge in [0.2, 0.25) is 0 Å². The summed E-state index contributed by atoms with van der Waals surface area (Å²) in [6.45, 7) is 0. The maximum atomic E-state index is 6.51. The highest BCUT2D eigenvalue weighted by atomic mass is 32.1. The first-order valence-electron chi connectivity index (χ1n) is 16.4. The minimum atomic E-state index is 0.874. The lowest BCUT2D eigenvalue weighted by Gasteiger charge is -2.11.